The number of ether oxygens (including phenoxy) is 4. The number of esters is 4. The fourth-order valence-electron chi connectivity index (χ4n) is 10.1. The Morgan fingerprint density at radius 1 is 0.322 bits per heavy atom. The summed E-state index contributed by atoms with van der Waals surface area (Å²) in [5.41, 5.74) is 0. The van der Waals surface area contributed by atoms with Crippen LogP contribution in [-0.2, 0) is 65.4 Å². The van der Waals surface area contributed by atoms with Gasteiger partial charge in [0.2, 0.25) is 0 Å². The lowest BCUT2D eigenvalue weighted by Gasteiger charge is -2.21. The second-order valence-corrected chi connectivity index (χ2v) is 29.1. The highest BCUT2D eigenvalue weighted by Gasteiger charge is 2.30. The molecule has 0 radical (unpaired) electrons. The summed E-state index contributed by atoms with van der Waals surface area (Å²) in [5.74, 6) is 0.821. The molecule has 17 nitrogen and oxygen atoms in total. The van der Waals surface area contributed by atoms with E-state index >= 15 is 0 Å². The molecule has 6 atom stereocenters. The van der Waals surface area contributed by atoms with E-state index in [1.165, 1.54) is 135 Å². The second-order valence-electron chi connectivity index (χ2n) is 26.2. The van der Waals surface area contributed by atoms with E-state index in [4.69, 9.17) is 37.0 Å². The minimum atomic E-state index is -4.95. The van der Waals surface area contributed by atoms with E-state index < -0.39 is 97.5 Å². The molecule has 0 saturated heterocycles. The summed E-state index contributed by atoms with van der Waals surface area (Å²) in [5, 5.41) is 10.6. The van der Waals surface area contributed by atoms with Gasteiger partial charge in [0.15, 0.2) is 12.2 Å². The van der Waals surface area contributed by atoms with Gasteiger partial charge < -0.3 is 33.8 Å². The van der Waals surface area contributed by atoms with Crippen LogP contribution < -0.4 is 0 Å². The van der Waals surface area contributed by atoms with E-state index in [1.54, 1.807) is 0 Å². The molecule has 0 aliphatic carbocycles. The fourth-order valence-corrected chi connectivity index (χ4v) is 11.7. The summed E-state index contributed by atoms with van der Waals surface area (Å²) in [6, 6.07) is 0. The highest BCUT2D eigenvalue weighted by Crippen LogP contribution is 2.45. The molecule has 0 aromatic heterocycles. The summed E-state index contributed by atoms with van der Waals surface area (Å²) in [7, 11) is -9.90. The molecule has 0 aromatic rings. The molecule has 0 amide bonds. The molecule has 19 heteroatoms. The zero-order chi connectivity index (χ0) is 64.7. The molecule has 0 aliphatic heterocycles. The van der Waals surface area contributed by atoms with Crippen LogP contribution in [0, 0.1) is 23.7 Å². The van der Waals surface area contributed by atoms with Gasteiger partial charge in [0.05, 0.1) is 26.4 Å². The topological polar surface area (TPSA) is 237 Å². The number of rotatable bonds is 65. The van der Waals surface area contributed by atoms with Crippen molar-refractivity contribution in [3.8, 4) is 0 Å². The maximum atomic E-state index is 13.0. The molecule has 4 unspecified atom stereocenters. The van der Waals surface area contributed by atoms with Gasteiger partial charge >= 0.3 is 39.5 Å². The van der Waals surface area contributed by atoms with Crippen molar-refractivity contribution in [2.75, 3.05) is 39.6 Å². The van der Waals surface area contributed by atoms with Gasteiger partial charge in [-0.05, 0) is 49.4 Å². The number of phosphoric ester groups is 2. The second kappa shape index (κ2) is 57.9. The normalized spacial score (nSPS) is 14.6. The molecule has 0 heterocycles. The lowest BCUT2D eigenvalue weighted by atomic mass is 9.99. The number of carbonyl (C=O) groups excluding carboxylic acids is 4. The molecule has 87 heavy (non-hydrogen) atoms. The van der Waals surface area contributed by atoms with Crippen LogP contribution in [0.2, 0.25) is 0 Å². The van der Waals surface area contributed by atoms with E-state index in [9.17, 15) is 43.2 Å². The lowest BCUT2D eigenvalue weighted by Crippen LogP contribution is -2.30. The smallest absolute Gasteiger partial charge is 0.462 e. The molecule has 0 fully saturated rings. The van der Waals surface area contributed by atoms with Crippen LogP contribution in [0.25, 0.3) is 0 Å². The van der Waals surface area contributed by atoms with Crippen molar-refractivity contribution in [1.82, 2.24) is 0 Å². The highest BCUT2D eigenvalue weighted by molar-refractivity contribution is 7.47. The molecule has 3 N–H and O–H groups in total. The van der Waals surface area contributed by atoms with E-state index in [-0.39, 0.29) is 25.7 Å². The summed E-state index contributed by atoms with van der Waals surface area (Å²) >= 11 is 0. The third kappa shape index (κ3) is 61.3. The van der Waals surface area contributed by atoms with E-state index in [0.29, 0.717) is 31.6 Å². The van der Waals surface area contributed by atoms with Gasteiger partial charge in [-0.2, -0.15) is 0 Å². The molecule has 516 valence electrons. The van der Waals surface area contributed by atoms with Crippen molar-refractivity contribution in [2.45, 2.75) is 350 Å². The van der Waals surface area contributed by atoms with Crippen LogP contribution in [0.15, 0.2) is 0 Å². The van der Waals surface area contributed by atoms with Gasteiger partial charge in [-0.1, -0.05) is 280 Å². The van der Waals surface area contributed by atoms with Crippen molar-refractivity contribution in [2.24, 2.45) is 23.7 Å². The first-order valence-corrected chi connectivity index (χ1v) is 38.2. The minimum absolute atomic E-state index is 0.101. The predicted molar refractivity (Wildman–Crippen MR) is 349 cm³/mol. The van der Waals surface area contributed by atoms with Gasteiger partial charge in [-0.15, -0.1) is 0 Å². The first-order valence-electron chi connectivity index (χ1n) is 35.2. The van der Waals surface area contributed by atoms with E-state index in [1.807, 2.05) is 0 Å². The molecule has 0 aliphatic rings. The highest BCUT2D eigenvalue weighted by atomic mass is 31.2. The summed E-state index contributed by atoms with van der Waals surface area (Å²) in [6.45, 7) is 14.0. The number of unbranched alkanes of at least 4 members (excludes halogenated alkanes) is 30. The zero-order valence-electron chi connectivity index (χ0n) is 56.6. The molecule has 0 bridgehead atoms. The average Bonchev–Trinajstić information content (AvgIpc) is 3.68. The summed E-state index contributed by atoms with van der Waals surface area (Å²) in [4.78, 5) is 72.4. The van der Waals surface area contributed by atoms with Gasteiger partial charge in [0.25, 0.3) is 0 Å². The van der Waals surface area contributed by atoms with Crippen molar-refractivity contribution in [1.29, 1.82) is 0 Å². The van der Waals surface area contributed by atoms with Gasteiger partial charge in [-0.3, -0.25) is 37.3 Å². The number of phosphoric acid groups is 2. The average molecular weight is 1280 g/mol. The standard InChI is InChI=1S/C68H132O17P2/c1-9-61(8)47-39-31-22-15-11-13-16-23-32-40-48-65(70)78-54-63(84-67(72)50-42-34-25-17-12-10-14-20-28-36-44-58(2)3)56-82-86(74,75)80-52-62(69)53-81-87(76,77)83-57-64(85-68(73)51-43-35-27-26-30-38-46-60(6)7)55-79-66(71)49-41-33-24-19-18-21-29-37-45-59(4)5/h58-64,69H,9-57H2,1-8H3,(H,74,75)(H,76,77)/t61?,62?,63-,64-/m1/s1. The zero-order valence-corrected chi connectivity index (χ0v) is 58.4. The van der Waals surface area contributed by atoms with Crippen molar-refractivity contribution < 1.29 is 80.2 Å². The Labute approximate surface area is 530 Å². The monoisotopic (exact) mass is 1280 g/mol. The molecular formula is C68H132O17P2. The van der Waals surface area contributed by atoms with Gasteiger partial charge in [-0.25, -0.2) is 9.13 Å². The lowest BCUT2D eigenvalue weighted by molar-refractivity contribution is -0.161. The number of aliphatic hydroxyl groups excluding tert-OH is 1. The largest absolute Gasteiger partial charge is 0.472 e. The van der Waals surface area contributed by atoms with E-state index in [0.717, 1.165) is 108 Å². The van der Waals surface area contributed by atoms with Crippen molar-refractivity contribution in [3.63, 3.8) is 0 Å². The minimum Gasteiger partial charge on any atom is -0.462 e. The first-order chi connectivity index (χ1) is 41.6. The maximum Gasteiger partial charge on any atom is 0.472 e. The maximum absolute atomic E-state index is 13.0. The molecule has 0 rings (SSSR count). The SMILES string of the molecule is CCC(C)CCCCCCCCCCCCC(=O)OC[C@H](COP(=O)(O)OCC(O)COP(=O)(O)OC[C@@H](COC(=O)CCCCCCCCCCC(C)C)OC(=O)CCCCCCCCC(C)C)OC(=O)CCCCCCCCCCCCC(C)C. The number of hydrogen-bond donors (Lipinski definition) is 3. The third-order valence-electron chi connectivity index (χ3n) is 15.9. The number of hydrogen-bond acceptors (Lipinski definition) is 15. The van der Waals surface area contributed by atoms with Crippen LogP contribution >= 0.6 is 15.6 Å². The quantitative estimate of drug-likeness (QED) is 0.0222. The third-order valence-corrected chi connectivity index (χ3v) is 17.8. The van der Waals surface area contributed by atoms with Crippen LogP contribution in [-0.4, -0.2) is 96.7 Å². The van der Waals surface area contributed by atoms with Gasteiger partial charge in [0.1, 0.15) is 19.3 Å². The van der Waals surface area contributed by atoms with Crippen LogP contribution in [0.3, 0.4) is 0 Å². The summed E-state index contributed by atoms with van der Waals surface area (Å²) < 4.78 is 68.2. The Kier molecular flexibility index (Phi) is 56.6. The Morgan fingerprint density at radius 3 is 0.816 bits per heavy atom. The van der Waals surface area contributed by atoms with Crippen molar-refractivity contribution in [3.05, 3.63) is 0 Å². The van der Waals surface area contributed by atoms with Crippen molar-refractivity contribution >= 4 is 39.5 Å². The number of carbonyl (C=O) groups is 4. The Morgan fingerprint density at radius 2 is 0.552 bits per heavy atom. The first kappa shape index (κ1) is 85.1. The van der Waals surface area contributed by atoms with Crippen LogP contribution in [0.5, 0.6) is 0 Å². The molecule has 0 saturated carbocycles. The predicted octanol–water partition coefficient (Wildman–Crippen LogP) is 18.9. The fraction of sp³-hybridized carbons (Fsp3) is 0.941. The van der Waals surface area contributed by atoms with E-state index in [2.05, 4.69) is 55.4 Å². The Balaban J connectivity index is 5.25. The molecular weight excluding hydrogens is 1150 g/mol. The molecule has 0 spiro atoms. The Hall–Kier alpha value is -1.94. The number of aliphatic hydroxyl groups is 1. The van der Waals surface area contributed by atoms with Crippen LogP contribution in [0.1, 0.15) is 331 Å². The Bertz CT molecular complexity index is 1730. The summed E-state index contributed by atoms with van der Waals surface area (Å²) in [6.07, 6.45) is 39.1. The van der Waals surface area contributed by atoms with Gasteiger partial charge in [0, 0.05) is 25.7 Å². The van der Waals surface area contributed by atoms with Crippen LogP contribution in [0.4, 0.5) is 0 Å². The molecule has 0 aromatic carbocycles.